The van der Waals surface area contributed by atoms with Crippen LogP contribution in [0.2, 0.25) is 0 Å². The molecule has 1 aliphatic heterocycles. The fourth-order valence-corrected chi connectivity index (χ4v) is 4.49. The van der Waals surface area contributed by atoms with Crippen LogP contribution in [0.1, 0.15) is 30.2 Å². The van der Waals surface area contributed by atoms with E-state index in [-0.39, 0.29) is 17.5 Å². The van der Waals surface area contributed by atoms with Crippen molar-refractivity contribution in [3.63, 3.8) is 0 Å². The molecule has 1 aromatic carbocycles. The minimum Gasteiger partial charge on any atom is -0.477 e. The minimum absolute atomic E-state index is 0.0807. The third-order valence-corrected chi connectivity index (χ3v) is 6.08. The maximum absolute atomic E-state index is 14.2. The minimum atomic E-state index is -1.31. The van der Waals surface area contributed by atoms with Crippen LogP contribution in [0, 0.1) is 17.6 Å². The molecule has 7 nitrogen and oxygen atoms in total. The van der Waals surface area contributed by atoms with E-state index in [0.717, 1.165) is 6.20 Å². The van der Waals surface area contributed by atoms with Gasteiger partial charge in [-0.2, -0.15) is 5.10 Å². The van der Waals surface area contributed by atoms with Crippen molar-refractivity contribution in [1.29, 1.82) is 0 Å². The van der Waals surface area contributed by atoms with Gasteiger partial charge in [0.15, 0.2) is 5.43 Å². The largest absolute Gasteiger partial charge is 0.477 e. The number of aromatic carboxylic acids is 1. The lowest BCUT2D eigenvalue weighted by Crippen LogP contribution is -2.31. The Morgan fingerprint density at radius 1 is 1.12 bits per heavy atom. The Bertz CT molecular complexity index is 1510. The summed E-state index contributed by atoms with van der Waals surface area (Å²) in [6, 6.07) is 8.30. The first-order chi connectivity index (χ1) is 16.2. The van der Waals surface area contributed by atoms with E-state index in [9.17, 15) is 23.5 Å². The summed E-state index contributed by atoms with van der Waals surface area (Å²) in [5, 5.41) is 14.3. The Balaban J connectivity index is 1.88. The van der Waals surface area contributed by atoms with Crippen LogP contribution < -0.4 is 5.43 Å². The summed E-state index contributed by atoms with van der Waals surface area (Å²) >= 11 is 0. The Morgan fingerprint density at radius 3 is 2.56 bits per heavy atom. The fourth-order valence-electron chi connectivity index (χ4n) is 4.49. The molecule has 1 N–H and O–H groups in total. The lowest BCUT2D eigenvalue weighted by atomic mass is 9.95. The average molecular weight is 462 g/mol. The SMILES string of the molecule is CC(C)[C@@H]1Cn2nc(-c3cccc(F)c3)c(-c3cncc(F)c3)c2-c2cc(=O)c(C(=O)O)cn21. The first kappa shape index (κ1) is 21.7. The lowest BCUT2D eigenvalue weighted by molar-refractivity contribution is 0.0694. The summed E-state index contributed by atoms with van der Waals surface area (Å²) in [5.41, 5.74) is 1.77. The molecule has 4 aromatic rings. The van der Waals surface area contributed by atoms with Gasteiger partial charge in [-0.1, -0.05) is 26.0 Å². The molecule has 0 spiro atoms. The van der Waals surface area contributed by atoms with Gasteiger partial charge in [0.1, 0.15) is 22.9 Å². The number of aromatic nitrogens is 4. The number of carboxylic acids is 1. The first-order valence-corrected chi connectivity index (χ1v) is 10.7. The predicted molar refractivity (Wildman–Crippen MR) is 121 cm³/mol. The van der Waals surface area contributed by atoms with Crippen LogP contribution in [-0.2, 0) is 6.54 Å². The molecule has 5 rings (SSSR count). The van der Waals surface area contributed by atoms with E-state index in [2.05, 4.69) is 4.98 Å². The lowest BCUT2D eigenvalue weighted by Gasteiger charge is -2.32. The molecular formula is C25H20F2N4O3. The molecule has 0 saturated heterocycles. The molecule has 0 saturated carbocycles. The highest BCUT2D eigenvalue weighted by Gasteiger charge is 2.33. The molecule has 0 fully saturated rings. The summed E-state index contributed by atoms with van der Waals surface area (Å²) in [6.45, 7) is 4.37. The van der Waals surface area contributed by atoms with Crippen LogP contribution in [0.4, 0.5) is 8.78 Å². The molecule has 4 heterocycles. The predicted octanol–water partition coefficient (Wildman–Crippen LogP) is 4.63. The van der Waals surface area contributed by atoms with Gasteiger partial charge in [-0.15, -0.1) is 0 Å². The summed E-state index contributed by atoms with van der Waals surface area (Å²) < 4.78 is 31.8. The molecule has 34 heavy (non-hydrogen) atoms. The van der Waals surface area contributed by atoms with Crippen molar-refractivity contribution in [2.75, 3.05) is 0 Å². The van der Waals surface area contributed by atoms with Gasteiger partial charge >= 0.3 is 5.97 Å². The molecule has 0 aliphatic carbocycles. The van der Waals surface area contributed by atoms with Crippen LogP contribution in [-0.4, -0.2) is 30.4 Å². The maximum atomic E-state index is 14.2. The molecule has 172 valence electrons. The van der Waals surface area contributed by atoms with Crippen LogP contribution in [0.3, 0.4) is 0 Å². The fraction of sp³-hybridized carbons (Fsp3) is 0.200. The number of rotatable bonds is 4. The van der Waals surface area contributed by atoms with Crippen molar-refractivity contribution >= 4 is 5.97 Å². The van der Waals surface area contributed by atoms with Crippen LogP contribution >= 0.6 is 0 Å². The van der Waals surface area contributed by atoms with Gasteiger partial charge in [-0.25, -0.2) is 13.6 Å². The van der Waals surface area contributed by atoms with Gasteiger partial charge in [0, 0.05) is 35.2 Å². The first-order valence-electron chi connectivity index (χ1n) is 10.7. The third kappa shape index (κ3) is 3.49. The number of halogens is 2. The van der Waals surface area contributed by atoms with Crippen molar-refractivity contribution in [3.8, 4) is 33.8 Å². The maximum Gasteiger partial charge on any atom is 0.341 e. The molecule has 0 unspecified atom stereocenters. The van der Waals surface area contributed by atoms with Crippen molar-refractivity contribution < 1.29 is 18.7 Å². The third-order valence-electron chi connectivity index (χ3n) is 6.08. The Hall–Kier alpha value is -4.14. The van der Waals surface area contributed by atoms with Crippen molar-refractivity contribution in [1.82, 2.24) is 19.3 Å². The highest BCUT2D eigenvalue weighted by Crippen LogP contribution is 2.44. The van der Waals surface area contributed by atoms with Gasteiger partial charge < -0.3 is 9.67 Å². The van der Waals surface area contributed by atoms with Crippen molar-refractivity contribution in [3.05, 3.63) is 82.4 Å². The highest BCUT2D eigenvalue weighted by molar-refractivity contribution is 5.92. The normalized spacial score (nSPS) is 14.7. The van der Waals surface area contributed by atoms with Gasteiger partial charge in [0.05, 0.1) is 30.2 Å². The van der Waals surface area contributed by atoms with E-state index >= 15 is 0 Å². The van der Waals surface area contributed by atoms with E-state index in [1.807, 2.05) is 13.8 Å². The molecule has 0 radical (unpaired) electrons. The summed E-state index contributed by atoms with van der Waals surface area (Å²) in [6.07, 6.45) is 3.91. The summed E-state index contributed by atoms with van der Waals surface area (Å²) in [4.78, 5) is 28.3. The molecule has 1 aliphatic rings. The van der Waals surface area contributed by atoms with E-state index in [0.29, 0.717) is 40.3 Å². The molecular weight excluding hydrogens is 442 g/mol. The van der Waals surface area contributed by atoms with Gasteiger partial charge in [-0.3, -0.25) is 14.5 Å². The molecule has 1 atom stereocenters. The second kappa shape index (κ2) is 8.02. The van der Waals surface area contributed by atoms with Crippen molar-refractivity contribution in [2.24, 2.45) is 5.92 Å². The quantitative estimate of drug-likeness (QED) is 0.478. The van der Waals surface area contributed by atoms with Crippen molar-refractivity contribution in [2.45, 2.75) is 26.4 Å². The Kier molecular flexibility index (Phi) is 5.11. The second-order valence-corrected chi connectivity index (χ2v) is 8.62. The second-order valence-electron chi connectivity index (χ2n) is 8.62. The topological polar surface area (TPSA) is 90.0 Å². The van der Waals surface area contributed by atoms with E-state index in [1.165, 1.54) is 36.7 Å². The Morgan fingerprint density at radius 2 is 1.88 bits per heavy atom. The number of nitrogens with zero attached hydrogens (tertiary/aromatic N) is 4. The van der Waals surface area contributed by atoms with Crippen LogP contribution in [0.5, 0.6) is 0 Å². The number of carboxylic acid groups (broad SMARTS) is 1. The summed E-state index contributed by atoms with van der Waals surface area (Å²) in [7, 11) is 0. The molecule has 0 bridgehead atoms. The van der Waals surface area contributed by atoms with E-state index in [4.69, 9.17) is 5.10 Å². The van der Waals surface area contributed by atoms with E-state index in [1.54, 1.807) is 21.4 Å². The number of pyridine rings is 2. The standard InChI is InChI=1S/C25H20F2N4O3/c1-13(2)20-12-31-24(19-8-21(32)18(25(33)34)11-30(19)20)22(15-7-17(27)10-28-9-15)23(29-31)14-4-3-5-16(26)6-14/h3-11,13,20H,12H2,1-2H3,(H,33,34)/t20-/m0/s1. The Labute approximate surface area is 192 Å². The number of carbonyl (C=O) groups is 1. The number of benzene rings is 1. The van der Waals surface area contributed by atoms with Crippen LogP contribution in [0.15, 0.2) is 59.8 Å². The zero-order chi connectivity index (χ0) is 24.1. The van der Waals surface area contributed by atoms with Crippen LogP contribution in [0.25, 0.3) is 33.8 Å². The number of fused-ring (bicyclic) bond motifs is 3. The smallest absolute Gasteiger partial charge is 0.341 e. The van der Waals surface area contributed by atoms with Gasteiger partial charge in [-0.05, 0) is 24.1 Å². The summed E-state index contributed by atoms with van der Waals surface area (Å²) in [5.74, 6) is -2.24. The molecule has 3 aromatic heterocycles. The van der Waals surface area contributed by atoms with Gasteiger partial charge in [0.25, 0.3) is 0 Å². The van der Waals surface area contributed by atoms with Gasteiger partial charge in [0.2, 0.25) is 0 Å². The zero-order valence-corrected chi connectivity index (χ0v) is 18.4. The molecule has 0 amide bonds. The van der Waals surface area contributed by atoms with E-state index < -0.39 is 23.0 Å². The zero-order valence-electron chi connectivity index (χ0n) is 18.4. The molecule has 9 heteroatoms. The number of hydrogen-bond donors (Lipinski definition) is 1. The monoisotopic (exact) mass is 462 g/mol. The average Bonchev–Trinajstić information content (AvgIpc) is 3.17. The number of hydrogen-bond acceptors (Lipinski definition) is 4. The highest BCUT2D eigenvalue weighted by atomic mass is 19.1.